The molecular formula is C27H24NO3P. The molecule has 3 aromatic carbocycles. The van der Waals surface area contributed by atoms with Crippen LogP contribution in [0.2, 0.25) is 0 Å². The van der Waals surface area contributed by atoms with E-state index in [1.54, 1.807) is 0 Å². The van der Waals surface area contributed by atoms with Crippen molar-refractivity contribution < 1.29 is 13.9 Å². The zero-order valence-electron chi connectivity index (χ0n) is 17.7. The number of ketones is 1. The highest BCUT2D eigenvalue weighted by atomic mass is 31.2. The van der Waals surface area contributed by atoms with Crippen LogP contribution in [0, 0.1) is 0 Å². The first-order chi connectivity index (χ1) is 15.6. The molecular weight excluding hydrogens is 417 g/mol. The highest BCUT2D eigenvalue weighted by Gasteiger charge is 2.46. The molecule has 1 aliphatic heterocycles. The Morgan fingerprint density at radius 3 is 1.94 bits per heavy atom. The quantitative estimate of drug-likeness (QED) is 0.420. The molecule has 0 spiro atoms. The van der Waals surface area contributed by atoms with Crippen LogP contribution in [-0.2, 0) is 13.9 Å². The highest BCUT2D eigenvalue weighted by molar-refractivity contribution is 7.78. The Balaban J connectivity index is 1.74. The van der Waals surface area contributed by atoms with Crippen molar-refractivity contribution in [3.63, 3.8) is 0 Å². The Hall–Kier alpha value is -3.23. The van der Waals surface area contributed by atoms with Crippen LogP contribution in [0.1, 0.15) is 42.4 Å². The third-order valence-electron chi connectivity index (χ3n) is 6.01. The van der Waals surface area contributed by atoms with E-state index in [0.717, 1.165) is 23.1 Å². The minimum atomic E-state index is -3.47. The number of carbonyl (C=O) groups is 1. The van der Waals surface area contributed by atoms with E-state index < -0.39 is 7.37 Å². The van der Waals surface area contributed by atoms with Crippen LogP contribution in [0.15, 0.2) is 96.0 Å². The van der Waals surface area contributed by atoms with Gasteiger partial charge >= 0.3 is 0 Å². The summed E-state index contributed by atoms with van der Waals surface area (Å²) in [7, 11) is -3.47. The lowest BCUT2D eigenvalue weighted by atomic mass is 9.99. The lowest BCUT2D eigenvalue weighted by Gasteiger charge is -2.35. The van der Waals surface area contributed by atoms with E-state index in [-0.39, 0.29) is 17.9 Å². The first-order valence-electron chi connectivity index (χ1n) is 11.0. The van der Waals surface area contributed by atoms with Gasteiger partial charge in [0.25, 0.3) is 7.37 Å². The summed E-state index contributed by atoms with van der Waals surface area (Å²) < 4.78 is 21.2. The predicted octanol–water partition coefficient (Wildman–Crippen LogP) is 6.78. The van der Waals surface area contributed by atoms with Crippen molar-refractivity contribution in [3.05, 3.63) is 108 Å². The van der Waals surface area contributed by atoms with E-state index >= 15 is 0 Å². The van der Waals surface area contributed by atoms with E-state index in [4.69, 9.17) is 9.52 Å². The van der Waals surface area contributed by atoms with Gasteiger partial charge in [-0.25, -0.2) is 4.99 Å². The second-order valence-electron chi connectivity index (χ2n) is 8.19. The molecule has 5 rings (SSSR count). The zero-order chi connectivity index (χ0) is 22.0. The number of Topliss-reactive ketones (excluding diaryl/α,β-unsaturated/α-hetero) is 1. The van der Waals surface area contributed by atoms with Gasteiger partial charge < -0.3 is 4.52 Å². The fourth-order valence-electron chi connectivity index (χ4n) is 4.39. The predicted molar refractivity (Wildman–Crippen MR) is 129 cm³/mol. The SMILES string of the molecule is O=C1CCCC([P@]2(=O)OC(c3ccccc3)=C(c3ccccc3)N=C2c2ccccc2)C1. The molecule has 0 radical (unpaired) electrons. The molecule has 1 heterocycles. The van der Waals surface area contributed by atoms with Gasteiger partial charge in [-0.05, 0) is 12.8 Å². The van der Waals surface area contributed by atoms with Crippen LogP contribution >= 0.6 is 7.37 Å². The molecule has 1 saturated carbocycles. The van der Waals surface area contributed by atoms with E-state index in [0.29, 0.717) is 29.8 Å². The van der Waals surface area contributed by atoms with Gasteiger partial charge in [0.1, 0.15) is 16.9 Å². The van der Waals surface area contributed by atoms with Crippen LogP contribution in [0.25, 0.3) is 11.5 Å². The molecule has 1 aliphatic carbocycles. The number of nitrogens with zero attached hydrogens (tertiary/aromatic N) is 1. The number of rotatable bonds is 4. The zero-order valence-corrected chi connectivity index (χ0v) is 18.6. The lowest BCUT2D eigenvalue weighted by Crippen LogP contribution is -2.26. The molecule has 0 saturated heterocycles. The average Bonchev–Trinajstić information content (AvgIpc) is 2.85. The molecule has 0 N–H and O–H groups in total. The molecule has 1 fully saturated rings. The van der Waals surface area contributed by atoms with Crippen molar-refractivity contribution in [2.45, 2.75) is 31.3 Å². The maximum absolute atomic E-state index is 14.7. The van der Waals surface area contributed by atoms with Gasteiger partial charge in [-0.3, -0.25) is 9.36 Å². The molecule has 3 aromatic rings. The van der Waals surface area contributed by atoms with Crippen molar-refractivity contribution in [1.82, 2.24) is 0 Å². The number of hydrogen-bond donors (Lipinski definition) is 0. The molecule has 0 amide bonds. The van der Waals surface area contributed by atoms with Crippen molar-refractivity contribution in [2.75, 3.05) is 0 Å². The summed E-state index contributed by atoms with van der Waals surface area (Å²) in [6.45, 7) is 0. The Morgan fingerprint density at radius 1 is 0.781 bits per heavy atom. The minimum Gasteiger partial charge on any atom is -0.436 e. The van der Waals surface area contributed by atoms with E-state index in [1.807, 2.05) is 91.0 Å². The van der Waals surface area contributed by atoms with E-state index in [9.17, 15) is 9.36 Å². The summed E-state index contributed by atoms with van der Waals surface area (Å²) in [6, 6.07) is 29.1. The van der Waals surface area contributed by atoms with E-state index in [1.165, 1.54) is 0 Å². The molecule has 1 unspecified atom stereocenters. The summed E-state index contributed by atoms with van der Waals surface area (Å²) in [5, 5.41) is 0. The van der Waals surface area contributed by atoms with Crippen molar-refractivity contribution in [3.8, 4) is 0 Å². The third-order valence-corrected chi connectivity index (χ3v) is 8.81. The molecule has 0 bridgehead atoms. The summed E-state index contributed by atoms with van der Waals surface area (Å²) >= 11 is 0. The summed E-state index contributed by atoms with van der Waals surface area (Å²) in [4.78, 5) is 17.3. The first kappa shape index (κ1) is 20.7. The van der Waals surface area contributed by atoms with Gasteiger partial charge in [-0.2, -0.15) is 0 Å². The fraction of sp³-hybridized carbons (Fsp3) is 0.185. The summed E-state index contributed by atoms with van der Waals surface area (Å²) in [5.41, 5.74) is 3.24. The smallest absolute Gasteiger partial charge is 0.299 e. The van der Waals surface area contributed by atoms with Crippen molar-refractivity contribution >= 4 is 30.1 Å². The second kappa shape index (κ2) is 8.72. The van der Waals surface area contributed by atoms with Gasteiger partial charge in [-0.1, -0.05) is 91.0 Å². The van der Waals surface area contributed by atoms with Gasteiger partial charge in [-0.15, -0.1) is 0 Å². The minimum absolute atomic E-state index is 0.145. The largest absolute Gasteiger partial charge is 0.436 e. The Bertz CT molecular complexity index is 1230. The maximum Gasteiger partial charge on any atom is 0.299 e. The summed E-state index contributed by atoms with van der Waals surface area (Å²) in [6.07, 6.45) is 2.24. The van der Waals surface area contributed by atoms with Gasteiger partial charge in [0, 0.05) is 29.5 Å². The number of benzene rings is 3. The highest BCUT2D eigenvalue weighted by Crippen LogP contribution is 2.64. The Labute approximate surface area is 188 Å². The molecule has 2 atom stereocenters. The van der Waals surface area contributed by atoms with Crippen LogP contribution < -0.4 is 0 Å². The summed E-state index contributed by atoms with van der Waals surface area (Å²) in [5.74, 6) is 0.657. The molecule has 0 aromatic heterocycles. The van der Waals surface area contributed by atoms with Crippen LogP contribution in [0.5, 0.6) is 0 Å². The monoisotopic (exact) mass is 441 g/mol. The van der Waals surface area contributed by atoms with Crippen LogP contribution in [-0.4, -0.2) is 16.9 Å². The molecule has 5 heteroatoms. The first-order valence-corrected chi connectivity index (χ1v) is 12.7. The molecule has 160 valence electrons. The molecule has 32 heavy (non-hydrogen) atoms. The Morgan fingerprint density at radius 2 is 1.34 bits per heavy atom. The fourth-order valence-corrected chi connectivity index (χ4v) is 7.15. The lowest BCUT2D eigenvalue weighted by molar-refractivity contribution is -0.120. The molecule has 4 nitrogen and oxygen atoms in total. The topological polar surface area (TPSA) is 55.7 Å². The number of carbonyl (C=O) groups excluding carboxylic acids is 1. The number of aliphatic imine (C=N–C) groups is 1. The number of hydrogen-bond acceptors (Lipinski definition) is 4. The van der Waals surface area contributed by atoms with E-state index in [2.05, 4.69) is 0 Å². The maximum atomic E-state index is 14.7. The molecule has 2 aliphatic rings. The average molecular weight is 441 g/mol. The van der Waals surface area contributed by atoms with Gasteiger partial charge in [0.15, 0.2) is 5.76 Å². The third kappa shape index (κ3) is 3.87. The van der Waals surface area contributed by atoms with Crippen molar-refractivity contribution in [1.29, 1.82) is 0 Å². The second-order valence-corrected chi connectivity index (χ2v) is 10.7. The van der Waals surface area contributed by atoms with Crippen LogP contribution in [0.3, 0.4) is 0 Å². The van der Waals surface area contributed by atoms with Crippen LogP contribution in [0.4, 0.5) is 0 Å². The Kier molecular flexibility index (Phi) is 5.63. The normalized spacial score (nSPS) is 23.4. The van der Waals surface area contributed by atoms with Crippen molar-refractivity contribution in [2.24, 2.45) is 4.99 Å². The van der Waals surface area contributed by atoms with Gasteiger partial charge in [0.2, 0.25) is 0 Å². The van der Waals surface area contributed by atoms with Gasteiger partial charge in [0.05, 0.1) is 5.66 Å². The standard InChI is InChI=1S/C27H24NO3P/c29-23-17-10-18-24(19-23)32(30)27(22-15-8-3-9-16-22)28-25(20-11-4-1-5-12-20)26(31-32)21-13-6-2-7-14-21/h1-9,11-16,24H,10,17-19H2/t24?,32-/m0/s1.